The van der Waals surface area contributed by atoms with Crippen LogP contribution in [0.3, 0.4) is 0 Å². The molecule has 0 bridgehead atoms. The number of halogens is 1. The van der Waals surface area contributed by atoms with Gasteiger partial charge in [0.25, 0.3) is 5.91 Å². The van der Waals surface area contributed by atoms with E-state index in [0.717, 1.165) is 12.0 Å². The van der Waals surface area contributed by atoms with Gasteiger partial charge in [0.05, 0.1) is 28.3 Å². The molecule has 2 N–H and O–H groups in total. The number of carbonyl (C=O) groups excluding carboxylic acids is 1. The van der Waals surface area contributed by atoms with E-state index < -0.39 is 9.84 Å². The van der Waals surface area contributed by atoms with E-state index in [1.165, 1.54) is 11.8 Å². The number of hydrogen-bond acceptors (Lipinski definition) is 6. The van der Waals surface area contributed by atoms with Crippen molar-refractivity contribution in [1.82, 2.24) is 5.32 Å². The Morgan fingerprint density at radius 3 is 2.72 bits per heavy atom. The van der Waals surface area contributed by atoms with Crippen molar-refractivity contribution in [2.45, 2.75) is 17.7 Å². The van der Waals surface area contributed by atoms with Crippen molar-refractivity contribution in [2.24, 2.45) is 4.99 Å². The Labute approximate surface area is 179 Å². The van der Waals surface area contributed by atoms with E-state index in [-0.39, 0.29) is 28.7 Å². The minimum absolute atomic E-state index is 0.0502. The lowest BCUT2D eigenvalue weighted by atomic mass is 10.1. The minimum atomic E-state index is -2.99. The summed E-state index contributed by atoms with van der Waals surface area (Å²) in [6.07, 6.45) is 0.754. The summed E-state index contributed by atoms with van der Waals surface area (Å²) in [6.45, 7) is 0.536. The van der Waals surface area contributed by atoms with E-state index in [1.54, 1.807) is 18.2 Å². The fourth-order valence-electron chi connectivity index (χ4n) is 3.36. The molecule has 2 aromatic carbocycles. The maximum Gasteiger partial charge on any atom is 0.251 e. The molecule has 29 heavy (non-hydrogen) atoms. The molecule has 2 aromatic rings. The summed E-state index contributed by atoms with van der Waals surface area (Å²) in [5.74, 6) is 0.0619. The Hall–Kier alpha value is -2.03. The van der Waals surface area contributed by atoms with Crippen LogP contribution in [0, 0.1) is 0 Å². The van der Waals surface area contributed by atoms with Gasteiger partial charge in [-0.3, -0.25) is 9.79 Å². The zero-order valence-electron chi connectivity index (χ0n) is 15.5. The first-order chi connectivity index (χ1) is 13.9. The summed E-state index contributed by atoms with van der Waals surface area (Å²) >= 11 is 7.69. The zero-order valence-corrected chi connectivity index (χ0v) is 17.9. The number of sulfone groups is 1. The van der Waals surface area contributed by atoms with Gasteiger partial charge in [-0.25, -0.2) is 8.42 Å². The van der Waals surface area contributed by atoms with Crippen LogP contribution in [0.15, 0.2) is 53.5 Å². The number of rotatable bonds is 5. The number of amidine groups is 1. The van der Waals surface area contributed by atoms with Crippen LogP contribution in [-0.2, 0) is 16.3 Å². The number of aliphatic imine (C=N–C) groups is 1. The highest BCUT2D eigenvalue weighted by molar-refractivity contribution is 8.15. The molecule has 152 valence electrons. The summed E-state index contributed by atoms with van der Waals surface area (Å²) < 4.78 is 23.4. The van der Waals surface area contributed by atoms with Gasteiger partial charge in [0.1, 0.15) is 0 Å². The number of anilines is 1. The number of thioether (sulfide) groups is 1. The number of amides is 1. The molecule has 4 rings (SSSR count). The molecule has 2 aliphatic heterocycles. The molecule has 6 nitrogen and oxygen atoms in total. The average molecular weight is 450 g/mol. The molecule has 1 amide bonds. The number of nitrogens with one attached hydrogen (secondary N) is 2. The Kier molecular flexibility index (Phi) is 5.85. The third-order valence-electron chi connectivity index (χ3n) is 4.83. The Morgan fingerprint density at radius 1 is 1.17 bits per heavy atom. The summed E-state index contributed by atoms with van der Waals surface area (Å²) in [5, 5.41) is 7.12. The van der Waals surface area contributed by atoms with Gasteiger partial charge in [0.15, 0.2) is 15.0 Å². The molecule has 0 radical (unpaired) electrons. The van der Waals surface area contributed by atoms with Crippen molar-refractivity contribution < 1.29 is 13.2 Å². The van der Waals surface area contributed by atoms with Crippen LogP contribution in [-0.4, -0.2) is 48.8 Å². The molecule has 0 saturated carbocycles. The number of benzene rings is 2. The second kappa shape index (κ2) is 8.38. The van der Waals surface area contributed by atoms with Crippen LogP contribution >= 0.6 is 23.4 Å². The van der Waals surface area contributed by atoms with Gasteiger partial charge < -0.3 is 10.6 Å². The van der Waals surface area contributed by atoms with E-state index in [2.05, 4.69) is 15.6 Å². The summed E-state index contributed by atoms with van der Waals surface area (Å²) in [5.41, 5.74) is 2.24. The second-order valence-corrected chi connectivity index (χ2v) is 10.8. The van der Waals surface area contributed by atoms with Gasteiger partial charge >= 0.3 is 0 Å². The van der Waals surface area contributed by atoms with Gasteiger partial charge in [0.2, 0.25) is 0 Å². The smallest absolute Gasteiger partial charge is 0.251 e. The summed E-state index contributed by atoms with van der Waals surface area (Å²) in [4.78, 5) is 17.0. The fraction of sp³-hybridized carbons (Fsp3) is 0.300. The van der Waals surface area contributed by atoms with E-state index in [0.29, 0.717) is 28.0 Å². The number of carbonyl (C=O) groups is 1. The number of nitrogens with zero attached hydrogens (tertiary/aromatic N) is 1. The monoisotopic (exact) mass is 449 g/mol. The SMILES string of the molecule is O=C(NCCc1ccccc1)c1ccc(Cl)c(NC2=N[C@H]3CS(=O)(=O)C[C@H]3S2)c1. The van der Waals surface area contributed by atoms with Crippen molar-refractivity contribution in [1.29, 1.82) is 0 Å². The Bertz CT molecular complexity index is 1060. The standard InChI is InChI=1S/C20H20ClN3O3S2/c21-15-7-6-14(19(25)22-9-8-13-4-2-1-3-5-13)10-16(15)23-20-24-17-11-29(26,27)12-18(17)28-20/h1-7,10,17-18H,8-9,11-12H2,(H,22,25)(H,23,24)/t17-,18+/m0/s1. The quantitative estimate of drug-likeness (QED) is 0.732. The van der Waals surface area contributed by atoms with Crippen LogP contribution in [0.2, 0.25) is 5.02 Å². The first-order valence-corrected chi connectivity index (χ1v) is 12.3. The number of fused-ring (bicyclic) bond motifs is 1. The molecule has 1 fully saturated rings. The average Bonchev–Trinajstić information content (AvgIpc) is 3.16. The first kappa shape index (κ1) is 20.3. The molecule has 0 unspecified atom stereocenters. The van der Waals surface area contributed by atoms with Crippen molar-refractivity contribution in [3.05, 3.63) is 64.7 Å². The molecule has 1 saturated heterocycles. The minimum Gasteiger partial charge on any atom is -0.352 e. The molecule has 2 aliphatic rings. The molecular formula is C20H20ClN3O3S2. The highest BCUT2D eigenvalue weighted by Crippen LogP contribution is 2.35. The lowest BCUT2D eigenvalue weighted by Gasteiger charge is -2.11. The van der Waals surface area contributed by atoms with Crippen LogP contribution < -0.4 is 10.6 Å². The topological polar surface area (TPSA) is 87.6 Å². The van der Waals surface area contributed by atoms with E-state index in [9.17, 15) is 13.2 Å². The molecule has 0 aromatic heterocycles. The van der Waals surface area contributed by atoms with Gasteiger partial charge in [0, 0.05) is 17.4 Å². The van der Waals surface area contributed by atoms with Crippen LogP contribution in [0.1, 0.15) is 15.9 Å². The first-order valence-electron chi connectivity index (χ1n) is 9.23. The Balaban J connectivity index is 1.38. The van der Waals surface area contributed by atoms with E-state index >= 15 is 0 Å². The third-order valence-corrected chi connectivity index (χ3v) is 8.30. The maximum atomic E-state index is 12.5. The third kappa shape index (κ3) is 4.94. The molecule has 2 heterocycles. The summed E-state index contributed by atoms with van der Waals surface area (Å²) in [7, 11) is -2.99. The highest BCUT2D eigenvalue weighted by atomic mass is 35.5. The van der Waals surface area contributed by atoms with Crippen molar-refractivity contribution in [3.8, 4) is 0 Å². The van der Waals surface area contributed by atoms with E-state index in [4.69, 9.17) is 11.6 Å². The molecular weight excluding hydrogens is 430 g/mol. The van der Waals surface area contributed by atoms with Crippen LogP contribution in [0.5, 0.6) is 0 Å². The largest absolute Gasteiger partial charge is 0.352 e. The number of hydrogen-bond donors (Lipinski definition) is 2. The van der Waals surface area contributed by atoms with Crippen LogP contribution in [0.4, 0.5) is 5.69 Å². The summed E-state index contributed by atoms with van der Waals surface area (Å²) in [6, 6.07) is 14.8. The molecule has 2 atom stereocenters. The van der Waals surface area contributed by atoms with Crippen LogP contribution in [0.25, 0.3) is 0 Å². The van der Waals surface area contributed by atoms with Gasteiger partial charge in [-0.15, -0.1) is 0 Å². The normalized spacial score (nSPS) is 22.0. The fourth-order valence-corrected chi connectivity index (χ4v) is 7.19. The predicted molar refractivity (Wildman–Crippen MR) is 119 cm³/mol. The molecule has 0 spiro atoms. The maximum absolute atomic E-state index is 12.5. The van der Waals surface area contributed by atoms with Gasteiger partial charge in [-0.2, -0.15) is 0 Å². The van der Waals surface area contributed by atoms with Gasteiger partial charge in [-0.1, -0.05) is 53.7 Å². The van der Waals surface area contributed by atoms with Crippen molar-refractivity contribution >= 4 is 50.0 Å². The van der Waals surface area contributed by atoms with Gasteiger partial charge in [-0.05, 0) is 30.2 Å². The lowest BCUT2D eigenvalue weighted by Crippen LogP contribution is -2.25. The predicted octanol–water partition coefficient (Wildman–Crippen LogP) is 2.99. The molecule has 9 heteroatoms. The zero-order chi connectivity index (χ0) is 20.4. The molecule has 0 aliphatic carbocycles. The lowest BCUT2D eigenvalue weighted by molar-refractivity contribution is 0.0954. The second-order valence-electron chi connectivity index (χ2n) is 7.05. The Morgan fingerprint density at radius 2 is 1.97 bits per heavy atom. The van der Waals surface area contributed by atoms with Crippen molar-refractivity contribution in [3.63, 3.8) is 0 Å². The highest BCUT2D eigenvalue weighted by Gasteiger charge is 2.42. The van der Waals surface area contributed by atoms with E-state index in [1.807, 2.05) is 30.3 Å². The van der Waals surface area contributed by atoms with Crippen molar-refractivity contribution in [2.75, 3.05) is 23.4 Å².